The van der Waals surface area contributed by atoms with Crippen LogP contribution in [-0.2, 0) is 0 Å². The number of rotatable bonds is 3. The molecule has 2 aromatic rings. The molecule has 16 heavy (non-hydrogen) atoms. The lowest BCUT2D eigenvalue weighted by atomic mass is 10.4. The Labute approximate surface area is 97.9 Å². The van der Waals surface area contributed by atoms with E-state index in [0.717, 1.165) is 0 Å². The summed E-state index contributed by atoms with van der Waals surface area (Å²) in [5.41, 5.74) is 5.56. The highest BCUT2D eigenvalue weighted by Gasteiger charge is 2.08. The van der Waals surface area contributed by atoms with E-state index < -0.39 is 0 Å². The lowest BCUT2D eigenvalue weighted by Crippen LogP contribution is -2.16. The fourth-order valence-corrected chi connectivity index (χ4v) is 1.47. The number of nitrogens with zero attached hydrogens (tertiary/aromatic N) is 3. The zero-order valence-corrected chi connectivity index (χ0v) is 9.44. The molecule has 2 rings (SSSR count). The molecule has 2 heterocycles. The fourth-order valence-electron chi connectivity index (χ4n) is 1.32. The molecule has 0 unspecified atom stereocenters. The van der Waals surface area contributed by atoms with Crippen LogP contribution in [0.5, 0.6) is 5.88 Å². The molecule has 2 aromatic heterocycles. The summed E-state index contributed by atoms with van der Waals surface area (Å²) in [7, 11) is 1.56. The Bertz CT molecular complexity index is 523. The minimum atomic E-state index is 0.231. The lowest BCUT2D eigenvalue weighted by Gasteiger charge is -2.06. The molecule has 5 nitrogen and oxygen atoms in total. The molecule has 0 atom stereocenters. The van der Waals surface area contributed by atoms with Crippen LogP contribution in [0.4, 0.5) is 0 Å². The van der Waals surface area contributed by atoms with Crippen LogP contribution in [0.1, 0.15) is 5.82 Å². The number of aromatic nitrogens is 3. The average Bonchev–Trinajstić information content (AvgIpc) is 2.78. The maximum atomic E-state index is 5.56. The van der Waals surface area contributed by atoms with Crippen molar-refractivity contribution in [2.75, 3.05) is 7.11 Å². The van der Waals surface area contributed by atoms with Crippen LogP contribution in [0, 0.1) is 0 Å². The fraction of sp³-hybridized carbons (Fsp3) is 0.100. The van der Waals surface area contributed by atoms with Crippen molar-refractivity contribution in [1.29, 1.82) is 0 Å². The van der Waals surface area contributed by atoms with Crippen LogP contribution in [0.3, 0.4) is 0 Å². The first-order valence-corrected chi connectivity index (χ1v) is 4.98. The highest BCUT2D eigenvalue weighted by molar-refractivity contribution is 7.80. The second-order valence-corrected chi connectivity index (χ2v) is 3.46. The Kier molecular flexibility index (Phi) is 2.82. The van der Waals surface area contributed by atoms with Crippen molar-refractivity contribution in [3.8, 4) is 11.7 Å². The topological polar surface area (TPSA) is 66.0 Å². The van der Waals surface area contributed by atoms with Crippen LogP contribution >= 0.6 is 12.2 Å². The minimum Gasteiger partial charge on any atom is -0.481 e. The van der Waals surface area contributed by atoms with Gasteiger partial charge in [0.2, 0.25) is 5.88 Å². The van der Waals surface area contributed by atoms with Crippen LogP contribution < -0.4 is 10.5 Å². The third-order valence-corrected chi connectivity index (χ3v) is 2.21. The molecule has 6 heteroatoms. The lowest BCUT2D eigenvalue weighted by molar-refractivity contribution is 0.397. The van der Waals surface area contributed by atoms with Gasteiger partial charge < -0.3 is 10.5 Å². The zero-order chi connectivity index (χ0) is 11.5. The molecule has 0 aliphatic heterocycles. The van der Waals surface area contributed by atoms with Crippen molar-refractivity contribution < 1.29 is 4.74 Å². The molecule has 0 radical (unpaired) electrons. The van der Waals surface area contributed by atoms with Gasteiger partial charge in [0.05, 0.1) is 7.11 Å². The molecule has 0 fully saturated rings. The first-order valence-electron chi connectivity index (χ1n) is 4.57. The summed E-state index contributed by atoms with van der Waals surface area (Å²) in [6.07, 6.45) is 3.37. The van der Waals surface area contributed by atoms with Gasteiger partial charge in [-0.2, -0.15) is 4.98 Å². The number of ether oxygens (including phenoxy) is 1. The summed E-state index contributed by atoms with van der Waals surface area (Å²) in [6.45, 7) is 0. The molecule has 0 bridgehead atoms. The number of methoxy groups -OCH3 is 1. The molecule has 0 aromatic carbocycles. The van der Waals surface area contributed by atoms with Crippen molar-refractivity contribution in [3.05, 3.63) is 36.4 Å². The van der Waals surface area contributed by atoms with Crippen molar-refractivity contribution in [2.24, 2.45) is 5.73 Å². The third kappa shape index (κ3) is 1.87. The SMILES string of the molecule is COc1cccc(-n2ccnc2C(N)=S)n1. The maximum Gasteiger partial charge on any atom is 0.214 e. The van der Waals surface area contributed by atoms with Gasteiger partial charge in [0.15, 0.2) is 5.82 Å². The third-order valence-electron chi connectivity index (χ3n) is 2.03. The summed E-state index contributed by atoms with van der Waals surface area (Å²) in [5, 5.41) is 0. The summed E-state index contributed by atoms with van der Waals surface area (Å²) in [4.78, 5) is 8.56. The van der Waals surface area contributed by atoms with Gasteiger partial charge in [0, 0.05) is 18.5 Å². The van der Waals surface area contributed by atoms with Crippen molar-refractivity contribution in [1.82, 2.24) is 14.5 Å². The van der Waals surface area contributed by atoms with E-state index in [0.29, 0.717) is 17.5 Å². The Morgan fingerprint density at radius 1 is 1.50 bits per heavy atom. The van der Waals surface area contributed by atoms with Crippen LogP contribution in [-0.4, -0.2) is 26.6 Å². The van der Waals surface area contributed by atoms with Crippen LogP contribution in [0.2, 0.25) is 0 Å². The van der Waals surface area contributed by atoms with Gasteiger partial charge in [-0.05, 0) is 6.07 Å². The van der Waals surface area contributed by atoms with E-state index in [-0.39, 0.29) is 4.99 Å². The molecule has 0 saturated carbocycles. The summed E-state index contributed by atoms with van der Waals surface area (Å²) < 4.78 is 6.76. The number of hydrogen-bond donors (Lipinski definition) is 1. The Morgan fingerprint density at radius 2 is 2.31 bits per heavy atom. The predicted molar refractivity (Wildman–Crippen MR) is 63.8 cm³/mol. The Morgan fingerprint density at radius 3 is 3.00 bits per heavy atom. The number of pyridine rings is 1. The normalized spacial score (nSPS) is 10.1. The molecule has 0 aliphatic carbocycles. The van der Waals surface area contributed by atoms with Gasteiger partial charge in [0.1, 0.15) is 10.8 Å². The highest BCUT2D eigenvalue weighted by atomic mass is 32.1. The molecular weight excluding hydrogens is 224 g/mol. The van der Waals surface area contributed by atoms with E-state index in [1.54, 1.807) is 30.1 Å². The first kappa shape index (κ1) is 10.6. The quantitative estimate of drug-likeness (QED) is 0.800. The molecular formula is C10H10N4OS. The minimum absolute atomic E-state index is 0.231. The van der Waals surface area contributed by atoms with E-state index >= 15 is 0 Å². The van der Waals surface area contributed by atoms with E-state index in [9.17, 15) is 0 Å². The van der Waals surface area contributed by atoms with E-state index in [4.69, 9.17) is 22.7 Å². The van der Waals surface area contributed by atoms with E-state index in [1.165, 1.54) is 0 Å². The van der Waals surface area contributed by atoms with Gasteiger partial charge in [-0.3, -0.25) is 4.57 Å². The maximum absolute atomic E-state index is 5.56. The number of nitrogens with two attached hydrogens (primary N) is 1. The van der Waals surface area contributed by atoms with Gasteiger partial charge in [-0.1, -0.05) is 18.3 Å². The molecule has 2 N–H and O–H groups in total. The second-order valence-electron chi connectivity index (χ2n) is 3.02. The van der Waals surface area contributed by atoms with Crippen molar-refractivity contribution >= 4 is 17.2 Å². The van der Waals surface area contributed by atoms with Crippen molar-refractivity contribution in [3.63, 3.8) is 0 Å². The summed E-state index contributed by atoms with van der Waals surface area (Å²) >= 11 is 4.90. The smallest absolute Gasteiger partial charge is 0.214 e. The van der Waals surface area contributed by atoms with Crippen LogP contribution in [0.15, 0.2) is 30.6 Å². The molecule has 0 saturated heterocycles. The van der Waals surface area contributed by atoms with Gasteiger partial charge in [-0.15, -0.1) is 0 Å². The Hall–Kier alpha value is -1.95. The summed E-state index contributed by atoms with van der Waals surface area (Å²) in [5.74, 6) is 1.70. The largest absolute Gasteiger partial charge is 0.481 e. The predicted octanol–water partition coefficient (Wildman–Crippen LogP) is 0.910. The van der Waals surface area contributed by atoms with Crippen LogP contribution in [0.25, 0.3) is 5.82 Å². The average molecular weight is 234 g/mol. The van der Waals surface area contributed by atoms with Crippen molar-refractivity contribution in [2.45, 2.75) is 0 Å². The first-order chi connectivity index (χ1) is 7.72. The number of hydrogen-bond acceptors (Lipinski definition) is 4. The molecule has 0 spiro atoms. The number of imidazole rings is 1. The number of thiocarbonyl (C=S) groups is 1. The molecule has 0 aliphatic rings. The van der Waals surface area contributed by atoms with E-state index in [1.807, 2.05) is 12.1 Å². The highest BCUT2D eigenvalue weighted by Crippen LogP contribution is 2.12. The molecule has 0 amide bonds. The summed E-state index contributed by atoms with van der Waals surface area (Å²) in [6, 6.07) is 5.43. The molecule has 82 valence electrons. The van der Waals surface area contributed by atoms with Gasteiger partial charge >= 0.3 is 0 Å². The standard InChI is InChI=1S/C10H10N4OS/c1-15-8-4-2-3-7(13-8)14-6-5-12-10(14)9(11)16/h2-6H,1H3,(H2,11,16). The van der Waals surface area contributed by atoms with Gasteiger partial charge in [-0.25, -0.2) is 4.98 Å². The zero-order valence-electron chi connectivity index (χ0n) is 8.62. The second kappa shape index (κ2) is 4.28. The van der Waals surface area contributed by atoms with Gasteiger partial charge in [0.25, 0.3) is 0 Å². The monoisotopic (exact) mass is 234 g/mol. The Balaban J connectivity index is 2.50. The van der Waals surface area contributed by atoms with E-state index in [2.05, 4.69) is 9.97 Å².